The number of rotatable bonds is 22. The van der Waals surface area contributed by atoms with Crippen molar-refractivity contribution in [1.82, 2.24) is 36.9 Å². The quantitative estimate of drug-likeness (QED) is 0.0201. The molecule has 4 aromatic rings. The molecule has 20 heteroatoms. The van der Waals surface area contributed by atoms with Crippen LogP contribution in [-0.4, -0.2) is 107 Å². The molecule has 0 unspecified atom stereocenters. The number of aliphatic imine (C=N–C) groups is 1. The fourth-order valence-electron chi connectivity index (χ4n) is 6.31. The van der Waals surface area contributed by atoms with E-state index in [1.54, 1.807) is 12.3 Å². The summed E-state index contributed by atoms with van der Waals surface area (Å²) < 4.78 is 0. The van der Waals surface area contributed by atoms with Crippen molar-refractivity contribution in [3.05, 3.63) is 84.1 Å². The highest BCUT2D eigenvalue weighted by Crippen LogP contribution is 2.20. The lowest BCUT2D eigenvalue weighted by Gasteiger charge is -2.26. The number of primary amides is 1. The average Bonchev–Trinajstić information content (AvgIpc) is 3.63. The van der Waals surface area contributed by atoms with Crippen LogP contribution in [-0.2, 0) is 46.4 Å². The van der Waals surface area contributed by atoms with Crippen LogP contribution in [0.5, 0.6) is 0 Å². The van der Waals surface area contributed by atoms with Crippen LogP contribution in [0.2, 0.25) is 0 Å². The van der Waals surface area contributed by atoms with Gasteiger partial charge >= 0.3 is 0 Å². The Labute approximate surface area is 357 Å². The van der Waals surface area contributed by atoms with Gasteiger partial charge in [-0.1, -0.05) is 60.7 Å². The third kappa shape index (κ3) is 13.9. The summed E-state index contributed by atoms with van der Waals surface area (Å²) in [5.74, 6) is -5.22. The highest BCUT2D eigenvalue weighted by Gasteiger charge is 2.32. The lowest BCUT2D eigenvalue weighted by molar-refractivity contribution is -0.134. The predicted molar refractivity (Wildman–Crippen MR) is 235 cm³/mol. The van der Waals surface area contributed by atoms with Crippen LogP contribution >= 0.6 is 25.3 Å². The maximum Gasteiger partial charge on any atom is 0.244 e. The minimum atomic E-state index is -1.29. The standard InChI is InChI=1S/C40H51N11O7S2/c1-22(52)47-33(21-60)39(58)51-31(17-26-18-45-28-10-5-4-9-27(26)28)38(57)49-29(11-6-14-44-40(42)43)37(56)50-30(16-23-12-13-24-7-2-3-8-25(24)15-23)36(55)46-19-34(53)48-32(20-59)35(41)54/h2-5,7-10,12-13,15,18,29-33,45,59-60H,6,11,14,16-17,19-21H2,1H3,(H2,41,54)(H,46,55)(H,47,52)(H,48,53)(H,49,57)(H,50,56)(H,51,58)(H4,42,43,44)/t29-,30+,31-,32-,33-/m1/s1. The van der Waals surface area contributed by atoms with Crippen LogP contribution in [0.4, 0.5) is 0 Å². The number of thiol groups is 2. The van der Waals surface area contributed by atoms with Gasteiger partial charge in [-0.25, -0.2) is 0 Å². The number of carbonyl (C=O) groups excluding carboxylic acids is 7. The number of H-pyrrole nitrogens is 1. The van der Waals surface area contributed by atoms with Gasteiger partial charge in [-0.2, -0.15) is 25.3 Å². The minimum Gasteiger partial charge on any atom is -0.370 e. The topological polar surface area (TPSA) is 298 Å². The van der Waals surface area contributed by atoms with Crippen LogP contribution in [0, 0.1) is 0 Å². The Morgan fingerprint density at radius 2 is 1.30 bits per heavy atom. The first-order chi connectivity index (χ1) is 28.7. The smallest absolute Gasteiger partial charge is 0.244 e. The number of guanidine groups is 1. The largest absolute Gasteiger partial charge is 0.370 e. The Morgan fingerprint density at radius 1 is 0.683 bits per heavy atom. The molecule has 0 saturated heterocycles. The highest BCUT2D eigenvalue weighted by molar-refractivity contribution is 7.80. The molecule has 0 fully saturated rings. The van der Waals surface area contributed by atoms with Crippen LogP contribution in [0.3, 0.4) is 0 Å². The van der Waals surface area contributed by atoms with Gasteiger partial charge in [0.1, 0.15) is 30.2 Å². The van der Waals surface area contributed by atoms with Crippen molar-refractivity contribution in [2.75, 3.05) is 24.6 Å². The van der Waals surface area contributed by atoms with Crippen LogP contribution in [0.15, 0.2) is 77.9 Å². The number of para-hydroxylation sites is 1. The molecule has 0 saturated carbocycles. The molecule has 5 atom stereocenters. The Balaban J connectivity index is 1.63. The third-order valence-electron chi connectivity index (χ3n) is 9.36. The molecule has 0 radical (unpaired) electrons. The van der Waals surface area contributed by atoms with Gasteiger partial charge in [0.25, 0.3) is 0 Å². The Kier molecular flexibility index (Phi) is 17.6. The summed E-state index contributed by atoms with van der Waals surface area (Å²) in [5.41, 5.74) is 18.5. The molecule has 3 aromatic carbocycles. The van der Waals surface area contributed by atoms with Gasteiger partial charge in [0.05, 0.1) is 6.54 Å². The van der Waals surface area contributed by atoms with E-state index in [-0.39, 0.29) is 49.7 Å². The molecule has 4 rings (SSSR count). The zero-order chi connectivity index (χ0) is 43.8. The number of hydrogen-bond donors (Lipinski definition) is 12. The molecule has 0 aliphatic heterocycles. The fourth-order valence-corrected chi connectivity index (χ4v) is 6.84. The number of benzene rings is 3. The van der Waals surface area contributed by atoms with Crippen molar-refractivity contribution in [3.8, 4) is 0 Å². The Bertz CT molecular complexity index is 2210. The monoisotopic (exact) mass is 861 g/mol. The van der Waals surface area contributed by atoms with Crippen molar-refractivity contribution in [1.29, 1.82) is 0 Å². The Morgan fingerprint density at radius 3 is 1.97 bits per heavy atom. The van der Waals surface area contributed by atoms with Gasteiger partial charge in [0.15, 0.2) is 5.96 Å². The zero-order valence-electron chi connectivity index (χ0n) is 32.9. The summed E-state index contributed by atoms with van der Waals surface area (Å²) in [6, 6.07) is 14.5. The molecule has 1 aromatic heterocycles. The molecule has 13 N–H and O–H groups in total. The summed E-state index contributed by atoms with van der Waals surface area (Å²) in [7, 11) is 0. The molecule has 7 amide bonds. The molecule has 0 aliphatic rings. The zero-order valence-corrected chi connectivity index (χ0v) is 34.7. The van der Waals surface area contributed by atoms with Gasteiger partial charge in [0.2, 0.25) is 41.4 Å². The maximum atomic E-state index is 14.3. The van der Waals surface area contributed by atoms with E-state index in [0.717, 1.165) is 21.7 Å². The normalized spacial score (nSPS) is 13.4. The Hall–Kier alpha value is -6.28. The lowest BCUT2D eigenvalue weighted by Crippen LogP contribution is -2.59. The molecule has 0 aliphatic carbocycles. The van der Waals surface area contributed by atoms with E-state index < -0.39 is 78.1 Å². The number of aromatic nitrogens is 1. The van der Waals surface area contributed by atoms with Crippen LogP contribution in [0.1, 0.15) is 30.9 Å². The maximum absolute atomic E-state index is 14.3. The summed E-state index contributed by atoms with van der Waals surface area (Å²) >= 11 is 8.22. The third-order valence-corrected chi connectivity index (χ3v) is 10.1. The van der Waals surface area contributed by atoms with Crippen LogP contribution in [0.25, 0.3) is 21.7 Å². The number of aromatic amines is 1. The minimum absolute atomic E-state index is 0.00177. The molecule has 60 heavy (non-hydrogen) atoms. The van der Waals surface area contributed by atoms with Crippen LogP contribution < -0.4 is 49.1 Å². The summed E-state index contributed by atoms with van der Waals surface area (Å²) in [6.07, 6.45) is 1.89. The summed E-state index contributed by atoms with van der Waals surface area (Å²) in [6.45, 7) is 0.795. The number of carbonyl (C=O) groups is 7. The number of hydrogen-bond acceptors (Lipinski definition) is 10. The molecule has 1 heterocycles. The number of nitrogens with zero attached hydrogens (tertiary/aromatic N) is 1. The van der Waals surface area contributed by atoms with Crippen molar-refractivity contribution in [3.63, 3.8) is 0 Å². The molecular weight excluding hydrogens is 811 g/mol. The molecule has 0 bridgehead atoms. The number of fused-ring (bicyclic) bond motifs is 2. The van der Waals surface area contributed by atoms with Gasteiger partial charge < -0.3 is 54.1 Å². The first-order valence-corrected chi connectivity index (χ1v) is 20.3. The first kappa shape index (κ1) is 46.4. The second kappa shape index (κ2) is 22.8. The second-order valence-corrected chi connectivity index (χ2v) is 14.7. The first-order valence-electron chi connectivity index (χ1n) is 19.0. The van der Waals surface area contributed by atoms with E-state index in [1.165, 1.54) is 6.92 Å². The van der Waals surface area contributed by atoms with Crippen molar-refractivity contribution >= 4 is 94.2 Å². The lowest BCUT2D eigenvalue weighted by atomic mass is 10.00. The highest BCUT2D eigenvalue weighted by atomic mass is 32.1. The second-order valence-electron chi connectivity index (χ2n) is 13.9. The number of nitrogens with one attached hydrogen (secondary N) is 7. The summed E-state index contributed by atoms with van der Waals surface area (Å²) in [5, 5.41) is 18.2. The van der Waals surface area contributed by atoms with E-state index in [2.05, 4.69) is 67.1 Å². The molecule has 18 nitrogen and oxygen atoms in total. The van der Waals surface area contributed by atoms with Crippen molar-refractivity contribution < 1.29 is 33.6 Å². The van der Waals surface area contributed by atoms with E-state index >= 15 is 0 Å². The van der Waals surface area contributed by atoms with Gasteiger partial charge in [0, 0.05) is 54.9 Å². The van der Waals surface area contributed by atoms with E-state index in [0.29, 0.717) is 11.1 Å². The fraction of sp³-hybridized carbons (Fsp3) is 0.350. The van der Waals surface area contributed by atoms with E-state index in [1.807, 2.05) is 60.7 Å². The molecular formula is C40H51N11O7S2. The van der Waals surface area contributed by atoms with E-state index in [4.69, 9.17) is 17.2 Å². The summed E-state index contributed by atoms with van der Waals surface area (Å²) in [4.78, 5) is 99.0. The number of nitrogens with two attached hydrogens (primary N) is 3. The number of amides is 7. The van der Waals surface area contributed by atoms with Crippen molar-refractivity contribution in [2.45, 2.75) is 62.8 Å². The van der Waals surface area contributed by atoms with Crippen molar-refractivity contribution in [2.24, 2.45) is 22.2 Å². The van der Waals surface area contributed by atoms with Gasteiger partial charge in [-0.15, -0.1) is 0 Å². The van der Waals surface area contributed by atoms with Gasteiger partial charge in [-0.3, -0.25) is 38.6 Å². The van der Waals surface area contributed by atoms with E-state index in [9.17, 15) is 33.6 Å². The average molecular weight is 862 g/mol. The molecule has 0 spiro atoms. The molecule has 320 valence electrons. The predicted octanol–water partition coefficient (Wildman–Crippen LogP) is -0.935. The SMILES string of the molecule is CC(=O)N[C@H](CS)C(=O)N[C@H](Cc1c[nH]c2ccccc12)C(=O)N[C@H](CCCN=C(N)N)C(=O)N[C@@H](Cc1ccc2ccccc2c1)C(=O)NCC(=O)N[C@H](CS)C(N)=O. The van der Waals surface area contributed by atoms with Gasteiger partial charge in [-0.05, 0) is 40.8 Å².